The zero-order chi connectivity index (χ0) is 13.8. The normalized spacial score (nSPS) is 24.1. The molecule has 0 spiro atoms. The first-order valence-electron chi connectivity index (χ1n) is 6.86. The van der Waals surface area contributed by atoms with Crippen molar-refractivity contribution >= 4 is 0 Å². The number of nitrogens with two attached hydrogens (primary N) is 1. The summed E-state index contributed by atoms with van der Waals surface area (Å²) in [4.78, 5) is 2.35. The van der Waals surface area contributed by atoms with E-state index in [1.807, 2.05) is 6.07 Å². The van der Waals surface area contributed by atoms with Crippen LogP contribution in [0.4, 0.5) is 4.39 Å². The fourth-order valence-electron chi connectivity index (χ4n) is 2.91. The molecule has 102 valence electrons. The number of benzene rings is 1. The summed E-state index contributed by atoms with van der Waals surface area (Å²) in [6, 6.07) is 6.83. The number of rotatable bonds is 3. The van der Waals surface area contributed by atoms with Crippen molar-refractivity contribution in [2.45, 2.75) is 38.3 Å². The lowest BCUT2D eigenvalue weighted by atomic mass is 9.90. The lowest BCUT2D eigenvalue weighted by Gasteiger charge is -2.40. The zero-order valence-corrected chi connectivity index (χ0v) is 11.3. The van der Waals surface area contributed by atoms with E-state index in [0.29, 0.717) is 0 Å². The van der Waals surface area contributed by atoms with E-state index in [4.69, 9.17) is 11.0 Å². The minimum atomic E-state index is -0.460. The zero-order valence-electron chi connectivity index (χ0n) is 11.3. The molecule has 1 aliphatic heterocycles. The summed E-state index contributed by atoms with van der Waals surface area (Å²) in [6.45, 7) is 4.14. The number of hydrogen-bond acceptors (Lipinski definition) is 3. The van der Waals surface area contributed by atoms with Gasteiger partial charge in [0.05, 0.1) is 5.56 Å². The predicted molar refractivity (Wildman–Crippen MR) is 72.9 cm³/mol. The van der Waals surface area contributed by atoms with Gasteiger partial charge in [-0.25, -0.2) is 4.39 Å². The van der Waals surface area contributed by atoms with Gasteiger partial charge in [0.25, 0.3) is 0 Å². The first kappa shape index (κ1) is 14.0. The first-order chi connectivity index (χ1) is 9.17. The molecule has 4 heteroatoms. The molecule has 0 saturated carbocycles. The van der Waals surface area contributed by atoms with Crippen molar-refractivity contribution in [3.8, 4) is 6.07 Å². The summed E-state index contributed by atoms with van der Waals surface area (Å²) < 4.78 is 13.4. The highest BCUT2D eigenvalue weighted by Crippen LogP contribution is 2.31. The molecular weight excluding hydrogens is 241 g/mol. The predicted octanol–water partition coefficient (Wildman–Crippen LogP) is 2.57. The van der Waals surface area contributed by atoms with Crippen molar-refractivity contribution in [1.82, 2.24) is 4.90 Å². The smallest absolute Gasteiger partial charge is 0.140 e. The summed E-state index contributed by atoms with van der Waals surface area (Å²) in [6.07, 6.45) is 3.14. The molecular formula is C15H20FN3. The van der Waals surface area contributed by atoms with Crippen molar-refractivity contribution in [3.05, 3.63) is 35.1 Å². The van der Waals surface area contributed by atoms with Crippen molar-refractivity contribution in [3.63, 3.8) is 0 Å². The number of halogens is 1. The van der Waals surface area contributed by atoms with E-state index in [2.05, 4.69) is 11.8 Å². The molecule has 2 unspecified atom stereocenters. The molecule has 0 bridgehead atoms. The van der Waals surface area contributed by atoms with Crippen LogP contribution in [0.3, 0.4) is 0 Å². The standard InChI is InChI=1S/C15H20FN3/c1-2-7-19-8-3-4-14(18)15(19)11-5-6-13(16)12(9-11)10-17/h5-6,9,14-15H,2-4,7-8,18H2,1H3. The molecule has 0 aromatic heterocycles. The summed E-state index contributed by atoms with van der Waals surface area (Å²) in [5.41, 5.74) is 7.30. The third-order valence-corrected chi connectivity index (χ3v) is 3.74. The lowest BCUT2D eigenvalue weighted by molar-refractivity contribution is 0.128. The van der Waals surface area contributed by atoms with Crippen molar-refractivity contribution < 1.29 is 4.39 Å². The van der Waals surface area contributed by atoms with Crippen LogP contribution in [0.25, 0.3) is 0 Å². The third-order valence-electron chi connectivity index (χ3n) is 3.74. The van der Waals surface area contributed by atoms with Crippen molar-refractivity contribution in [1.29, 1.82) is 5.26 Å². The maximum atomic E-state index is 13.4. The molecule has 3 nitrogen and oxygen atoms in total. The molecule has 0 amide bonds. The fourth-order valence-corrected chi connectivity index (χ4v) is 2.91. The van der Waals surface area contributed by atoms with Gasteiger partial charge in [-0.3, -0.25) is 4.90 Å². The van der Waals surface area contributed by atoms with Crippen LogP contribution in [0.1, 0.15) is 43.4 Å². The van der Waals surface area contributed by atoms with Crippen molar-refractivity contribution in [2.75, 3.05) is 13.1 Å². The van der Waals surface area contributed by atoms with Gasteiger partial charge in [-0.1, -0.05) is 13.0 Å². The van der Waals surface area contributed by atoms with Gasteiger partial charge in [0.15, 0.2) is 0 Å². The number of nitrogens with zero attached hydrogens (tertiary/aromatic N) is 2. The van der Waals surface area contributed by atoms with Crippen LogP contribution in [-0.2, 0) is 0 Å². The average Bonchev–Trinajstić information content (AvgIpc) is 2.40. The van der Waals surface area contributed by atoms with Crippen LogP contribution in [0, 0.1) is 17.1 Å². The molecule has 1 saturated heterocycles. The summed E-state index contributed by atoms with van der Waals surface area (Å²) in [5.74, 6) is -0.460. The quantitative estimate of drug-likeness (QED) is 0.909. The molecule has 0 radical (unpaired) electrons. The van der Waals surface area contributed by atoms with Crippen LogP contribution in [0.15, 0.2) is 18.2 Å². The summed E-state index contributed by atoms with van der Waals surface area (Å²) in [5, 5.41) is 8.94. The van der Waals surface area contributed by atoms with E-state index in [1.54, 1.807) is 12.1 Å². The maximum absolute atomic E-state index is 13.4. The molecule has 1 fully saturated rings. The molecule has 1 heterocycles. The Morgan fingerprint density at radius 3 is 3.00 bits per heavy atom. The van der Waals surface area contributed by atoms with Crippen LogP contribution in [-0.4, -0.2) is 24.0 Å². The topological polar surface area (TPSA) is 53.0 Å². The Balaban J connectivity index is 2.33. The highest BCUT2D eigenvalue weighted by molar-refractivity contribution is 5.36. The van der Waals surface area contributed by atoms with E-state index >= 15 is 0 Å². The van der Waals surface area contributed by atoms with Crippen LogP contribution in [0.5, 0.6) is 0 Å². The van der Waals surface area contributed by atoms with E-state index in [9.17, 15) is 4.39 Å². The van der Waals surface area contributed by atoms with Gasteiger partial charge in [-0.05, 0) is 50.0 Å². The number of likely N-dealkylation sites (tertiary alicyclic amines) is 1. The third kappa shape index (κ3) is 2.94. The molecule has 0 aliphatic carbocycles. The summed E-state index contributed by atoms with van der Waals surface area (Å²) >= 11 is 0. The maximum Gasteiger partial charge on any atom is 0.140 e. The van der Waals surface area contributed by atoms with Crippen LogP contribution in [0.2, 0.25) is 0 Å². The van der Waals surface area contributed by atoms with E-state index < -0.39 is 5.82 Å². The van der Waals surface area contributed by atoms with Crippen LogP contribution < -0.4 is 5.73 Å². The van der Waals surface area contributed by atoms with Gasteiger partial charge in [0.2, 0.25) is 0 Å². The minimum absolute atomic E-state index is 0.0531. The molecule has 2 N–H and O–H groups in total. The van der Waals surface area contributed by atoms with Crippen LogP contribution >= 0.6 is 0 Å². The van der Waals surface area contributed by atoms with E-state index in [1.165, 1.54) is 6.07 Å². The lowest BCUT2D eigenvalue weighted by Crippen LogP contribution is -2.46. The Morgan fingerprint density at radius 2 is 2.32 bits per heavy atom. The molecule has 2 rings (SSSR count). The van der Waals surface area contributed by atoms with Gasteiger partial charge in [-0.2, -0.15) is 5.26 Å². The molecule has 1 aliphatic rings. The average molecular weight is 261 g/mol. The second-order valence-corrected chi connectivity index (χ2v) is 5.14. The Kier molecular flexibility index (Phi) is 4.52. The second-order valence-electron chi connectivity index (χ2n) is 5.14. The molecule has 1 aromatic rings. The van der Waals surface area contributed by atoms with Gasteiger partial charge < -0.3 is 5.73 Å². The van der Waals surface area contributed by atoms with Gasteiger partial charge in [-0.15, -0.1) is 0 Å². The highest BCUT2D eigenvalue weighted by Gasteiger charge is 2.30. The Bertz CT molecular complexity index is 479. The van der Waals surface area contributed by atoms with Gasteiger partial charge >= 0.3 is 0 Å². The summed E-state index contributed by atoms with van der Waals surface area (Å²) in [7, 11) is 0. The first-order valence-corrected chi connectivity index (χ1v) is 6.86. The Morgan fingerprint density at radius 1 is 1.53 bits per heavy atom. The largest absolute Gasteiger partial charge is 0.326 e. The minimum Gasteiger partial charge on any atom is -0.326 e. The van der Waals surface area contributed by atoms with Gasteiger partial charge in [0, 0.05) is 12.1 Å². The second kappa shape index (κ2) is 6.14. The Labute approximate surface area is 113 Å². The Hall–Kier alpha value is -1.44. The number of piperidine rings is 1. The van der Waals surface area contributed by atoms with Gasteiger partial charge in [0.1, 0.15) is 11.9 Å². The molecule has 19 heavy (non-hydrogen) atoms. The van der Waals surface area contributed by atoms with Crippen molar-refractivity contribution in [2.24, 2.45) is 5.73 Å². The molecule has 2 atom stereocenters. The van der Waals surface area contributed by atoms with E-state index in [-0.39, 0.29) is 17.6 Å². The molecule has 1 aromatic carbocycles. The number of hydrogen-bond donors (Lipinski definition) is 1. The fraction of sp³-hybridized carbons (Fsp3) is 0.533. The van der Waals surface area contributed by atoms with E-state index in [0.717, 1.165) is 37.9 Å². The monoisotopic (exact) mass is 261 g/mol. The highest BCUT2D eigenvalue weighted by atomic mass is 19.1. The SMILES string of the molecule is CCCN1CCCC(N)C1c1ccc(F)c(C#N)c1. The number of nitriles is 1.